The van der Waals surface area contributed by atoms with Crippen molar-refractivity contribution < 1.29 is 9.53 Å². The van der Waals surface area contributed by atoms with Crippen LogP contribution in [0.5, 0.6) is 11.8 Å². The molecule has 0 saturated heterocycles. The molecular formula is C15H19ClN4O2. The van der Waals surface area contributed by atoms with Gasteiger partial charge in [0, 0.05) is 30.5 Å². The molecule has 22 heavy (non-hydrogen) atoms. The molecule has 0 fully saturated rings. The molecule has 6 nitrogen and oxygen atoms in total. The fourth-order valence-corrected chi connectivity index (χ4v) is 1.65. The first kappa shape index (κ1) is 17.9. The van der Waals surface area contributed by atoms with E-state index in [1.165, 1.54) is 0 Å². The van der Waals surface area contributed by atoms with Gasteiger partial charge in [0.2, 0.25) is 5.91 Å². The summed E-state index contributed by atoms with van der Waals surface area (Å²) in [7, 11) is 1.81. The van der Waals surface area contributed by atoms with Gasteiger partial charge in [-0.25, -0.2) is 9.97 Å². The lowest BCUT2D eigenvalue weighted by Gasteiger charge is -2.07. The van der Waals surface area contributed by atoms with E-state index in [1.54, 1.807) is 36.5 Å². The van der Waals surface area contributed by atoms with Gasteiger partial charge >= 0.3 is 6.01 Å². The SMILES string of the molecule is CNCCC(=O)Nc1ccc(Oc2nccc(C)n2)cc1.Cl. The minimum Gasteiger partial charge on any atom is -0.424 e. The number of aromatic nitrogens is 2. The van der Waals surface area contributed by atoms with Crippen molar-refractivity contribution in [2.75, 3.05) is 18.9 Å². The van der Waals surface area contributed by atoms with Crippen molar-refractivity contribution in [1.29, 1.82) is 0 Å². The highest BCUT2D eigenvalue weighted by molar-refractivity contribution is 5.90. The van der Waals surface area contributed by atoms with Gasteiger partial charge in [-0.15, -0.1) is 12.4 Å². The lowest BCUT2D eigenvalue weighted by Crippen LogP contribution is -2.18. The van der Waals surface area contributed by atoms with E-state index in [0.717, 1.165) is 11.4 Å². The van der Waals surface area contributed by atoms with Crippen LogP contribution in [0.3, 0.4) is 0 Å². The number of carbonyl (C=O) groups is 1. The number of hydrogen-bond acceptors (Lipinski definition) is 5. The van der Waals surface area contributed by atoms with E-state index in [0.29, 0.717) is 24.7 Å². The second kappa shape index (κ2) is 8.96. The average Bonchev–Trinajstić information content (AvgIpc) is 2.47. The monoisotopic (exact) mass is 322 g/mol. The minimum atomic E-state index is -0.0277. The lowest BCUT2D eigenvalue weighted by molar-refractivity contribution is -0.116. The highest BCUT2D eigenvalue weighted by Gasteiger charge is 2.03. The van der Waals surface area contributed by atoms with E-state index in [2.05, 4.69) is 20.6 Å². The Hall–Kier alpha value is -2.18. The molecule has 1 aromatic carbocycles. The summed E-state index contributed by atoms with van der Waals surface area (Å²) in [6, 6.07) is 9.20. The summed E-state index contributed by atoms with van der Waals surface area (Å²) in [5, 5.41) is 5.74. The molecule has 7 heteroatoms. The first-order chi connectivity index (χ1) is 10.2. The van der Waals surface area contributed by atoms with Gasteiger partial charge in [-0.05, 0) is 44.3 Å². The van der Waals surface area contributed by atoms with E-state index < -0.39 is 0 Å². The molecule has 1 aromatic heterocycles. The van der Waals surface area contributed by atoms with E-state index in [-0.39, 0.29) is 18.3 Å². The molecule has 1 amide bonds. The summed E-state index contributed by atoms with van der Waals surface area (Å²) in [6.45, 7) is 2.52. The third-order valence-corrected chi connectivity index (χ3v) is 2.72. The quantitative estimate of drug-likeness (QED) is 0.854. The summed E-state index contributed by atoms with van der Waals surface area (Å²) >= 11 is 0. The summed E-state index contributed by atoms with van der Waals surface area (Å²) < 4.78 is 5.54. The van der Waals surface area contributed by atoms with Crippen LogP contribution in [0.2, 0.25) is 0 Å². The highest BCUT2D eigenvalue weighted by Crippen LogP contribution is 2.20. The van der Waals surface area contributed by atoms with E-state index in [9.17, 15) is 4.79 Å². The molecule has 0 bridgehead atoms. The molecule has 2 aromatic rings. The van der Waals surface area contributed by atoms with Crippen LogP contribution in [0.25, 0.3) is 0 Å². The molecule has 118 valence electrons. The molecule has 2 rings (SSSR count). The number of hydrogen-bond donors (Lipinski definition) is 2. The number of benzene rings is 1. The van der Waals surface area contributed by atoms with Crippen LogP contribution in [0.15, 0.2) is 36.5 Å². The van der Waals surface area contributed by atoms with Crippen molar-refractivity contribution in [3.05, 3.63) is 42.2 Å². The third kappa shape index (κ3) is 5.67. The second-order valence-electron chi connectivity index (χ2n) is 4.51. The van der Waals surface area contributed by atoms with Gasteiger partial charge < -0.3 is 15.4 Å². The lowest BCUT2D eigenvalue weighted by atomic mass is 10.3. The molecule has 0 atom stereocenters. The van der Waals surface area contributed by atoms with Gasteiger partial charge in [0.1, 0.15) is 5.75 Å². The predicted octanol–water partition coefficient (Wildman–Crippen LogP) is 2.55. The summed E-state index contributed by atoms with van der Waals surface area (Å²) in [5.41, 5.74) is 1.57. The molecule has 0 unspecified atom stereocenters. The Morgan fingerprint density at radius 1 is 1.23 bits per heavy atom. The number of halogens is 1. The first-order valence-electron chi connectivity index (χ1n) is 6.69. The van der Waals surface area contributed by atoms with Crippen LogP contribution in [0.4, 0.5) is 5.69 Å². The zero-order valence-electron chi connectivity index (χ0n) is 12.5. The minimum absolute atomic E-state index is 0. The van der Waals surface area contributed by atoms with Crippen LogP contribution >= 0.6 is 12.4 Å². The second-order valence-corrected chi connectivity index (χ2v) is 4.51. The first-order valence-corrected chi connectivity index (χ1v) is 6.69. The number of aryl methyl sites for hydroxylation is 1. The normalized spacial score (nSPS) is 9.73. The van der Waals surface area contributed by atoms with Crippen molar-refractivity contribution in [1.82, 2.24) is 15.3 Å². The van der Waals surface area contributed by atoms with Gasteiger partial charge in [-0.1, -0.05) is 0 Å². The van der Waals surface area contributed by atoms with Crippen molar-refractivity contribution in [2.45, 2.75) is 13.3 Å². The molecular weight excluding hydrogens is 304 g/mol. The highest BCUT2D eigenvalue weighted by atomic mass is 35.5. The standard InChI is InChI=1S/C15H18N4O2.ClH/c1-11-7-10-17-15(18-11)21-13-5-3-12(4-6-13)19-14(20)8-9-16-2;/h3-7,10,16H,8-9H2,1-2H3,(H,19,20);1H. The summed E-state index contributed by atoms with van der Waals surface area (Å²) in [4.78, 5) is 19.8. The van der Waals surface area contributed by atoms with Crippen LogP contribution in [-0.2, 0) is 4.79 Å². The van der Waals surface area contributed by atoms with Crippen molar-refractivity contribution >= 4 is 24.0 Å². The van der Waals surface area contributed by atoms with Gasteiger partial charge in [0.15, 0.2) is 0 Å². The molecule has 0 saturated carbocycles. The number of nitrogens with zero attached hydrogens (tertiary/aromatic N) is 2. The van der Waals surface area contributed by atoms with E-state index in [1.807, 2.05) is 14.0 Å². The third-order valence-electron chi connectivity index (χ3n) is 2.72. The Bertz CT molecular complexity index is 605. The van der Waals surface area contributed by atoms with Gasteiger partial charge in [-0.3, -0.25) is 4.79 Å². The van der Waals surface area contributed by atoms with Crippen LogP contribution in [0, 0.1) is 6.92 Å². The van der Waals surface area contributed by atoms with Crippen LogP contribution < -0.4 is 15.4 Å². The largest absolute Gasteiger partial charge is 0.424 e. The van der Waals surface area contributed by atoms with Crippen LogP contribution in [-0.4, -0.2) is 29.5 Å². The molecule has 2 N–H and O–H groups in total. The number of ether oxygens (including phenoxy) is 1. The maximum atomic E-state index is 11.6. The molecule has 0 aliphatic rings. The Labute approximate surface area is 135 Å². The average molecular weight is 323 g/mol. The van der Waals surface area contributed by atoms with Gasteiger partial charge in [0.05, 0.1) is 0 Å². The smallest absolute Gasteiger partial charge is 0.322 e. The Balaban J connectivity index is 0.00000242. The number of anilines is 1. The van der Waals surface area contributed by atoms with Crippen molar-refractivity contribution in [3.63, 3.8) is 0 Å². The molecule has 0 radical (unpaired) electrons. The fourth-order valence-electron chi connectivity index (χ4n) is 1.65. The van der Waals surface area contributed by atoms with Gasteiger partial charge in [0.25, 0.3) is 0 Å². The Morgan fingerprint density at radius 3 is 2.59 bits per heavy atom. The summed E-state index contributed by atoms with van der Waals surface area (Å²) in [6.07, 6.45) is 2.08. The molecule has 0 spiro atoms. The predicted molar refractivity (Wildman–Crippen MR) is 87.7 cm³/mol. The number of carbonyl (C=O) groups excluding carboxylic acids is 1. The van der Waals surface area contributed by atoms with Crippen molar-refractivity contribution in [3.8, 4) is 11.8 Å². The molecule has 1 heterocycles. The van der Waals surface area contributed by atoms with E-state index >= 15 is 0 Å². The maximum absolute atomic E-state index is 11.6. The fraction of sp³-hybridized carbons (Fsp3) is 0.267. The molecule has 0 aliphatic heterocycles. The van der Waals surface area contributed by atoms with Crippen LogP contribution in [0.1, 0.15) is 12.1 Å². The maximum Gasteiger partial charge on any atom is 0.322 e. The van der Waals surface area contributed by atoms with Crippen molar-refractivity contribution in [2.24, 2.45) is 0 Å². The zero-order valence-corrected chi connectivity index (χ0v) is 13.3. The number of rotatable bonds is 6. The summed E-state index contributed by atoms with van der Waals surface area (Å²) in [5.74, 6) is 0.592. The number of nitrogens with one attached hydrogen (secondary N) is 2. The number of amides is 1. The molecule has 0 aliphatic carbocycles. The topological polar surface area (TPSA) is 76.1 Å². The van der Waals surface area contributed by atoms with Gasteiger partial charge in [-0.2, -0.15) is 0 Å². The van der Waals surface area contributed by atoms with E-state index in [4.69, 9.17) is 4.74 Å². The zero-order chi connectivity index (χ0) is 15.1. The Kier molecular flexibility index (Phi) is 7.28. The Morgan fingerprint density at radius 2 is 1.95 bits per heavy atom.